The van der Waals surface area contributed by atoms with Gasteiger partial charge in [-0.1, -0.05) is 0 Å². The zero-order chi connectivity index (χ0) is 7.68. The number of fused-ring (bicyclic) bond motifs is 1. The van der Waals surface area contributed by atoms with E-state index in [1.165, 1.54) is 4.53 Å². The topological polar surface area (TPSA) is 38.0 Å². The van der Waals surface area contributed by atoms with Crippen molar-refractivity contribution in [2.45, 2.75) is 0 Å². The third-order valence-corrected chi connectivity index (χ3v) is 2.43. The van der Waals surface area contributed by atoms with Crippen LogP contribution in [0.3, 0.4) is 0 Å². The van der Waals surface area contributed by atoms with E-state index in [1.807, 2.05) is 30.6 Å². The van der Waals surface area contributed by atoms with Gasteiger partial charge in [0.2, 0.25) is 0 Å². The van der Waals surface area contributed by atoms with Gasteiger partial charge in [0.25, 0.3) is 0 Å². The van der Waals surface area contributed by atoms with Crippen molar-refractivity contribution in [3.63, 3.8) is 0 Å². The molecule has 1 aliphatic heterocycles. The fraction of sp³-hybridized carbons (Fsp3) is 0. The Morgan fingerprint density at radius 2 is 2.36 bits per heavy atom. The maximum atomic E-state index is 5.64. The Hall–Kier alpha value is -1.22. The number of nitrogens with two attached hydrogens (primary N) is 1. The average molecular weight is 164 g/mol. The number of nitrogens with one attached hydrogen (secondary N) is 1. The molecule has 3 heteroatoms. The maximum Gasteiger partial charge on any atom is 0.0869 e. The molecule has 0 fully saturated rings. The molecule has 0 aliphatic carbocycles. The Kier molecular flexibility index (Phi) is 1.43. The van der Waals surface area contributed by atoms with E-state index in [0.717, 1.165) is 10.2 Å². The molecule has 0 amide bonds. The number of nitrogen functional groups attached to an aromatic ring is 1. The third kappa shape index (κ3) is 1.14. The van der Waals surface area contributed by atoms with Crippen LogP contribution >= 0.6 is 11.3 Å². The third-order valence-electron chi connectivity index (χ3n) is 1.49. The number of anilines is 1. The van der Waals surface area contributed by atoms with E-state index in [4.69, 9.17) is 5.73 Å². The van der Waals surface area contributed by atoms with Crippen molar-refractivity contribution in [3.05, 3.63) is 28.1 Å². The molecule has 0 saturated heterocycles. The molecule has 2 heterocycles. The molecule has 3 N–H and O–H groups in total. The second-order valence-electron chi connectivity index (χ2n) is 2.31. The van der Waals surface area contributed by atoms with Crippen LogP contribution in [-0.4, -0.2) is 0 Å². The lowest BCUT2D eigenvalue weighted by Crippen LogP contribution is -2.18. The fourth-order valence-electron chi connectivity index (χ4n) is 1.01. The number of allylic oxidation sites excluding steroid dienone is 1. The van der Waals surface area contributed by atoms with Crippen LogP contribution in [0.2, 0.25) is 0 Å². The zero-order valence-corrected chi connectivity index (χ0v) is 6.69. The van der Waals surface area contributed by atoms with Crippen LogP contribution in [0.1, 0.15) is 0 Å². The first-order valence-corrected chi connectivity index (χ1v) is 4.16. The van der Waals surface area contributed by atoms with E-state index in [0.29, 0.717) is 0 Å². The maximum absolute atomic E-state index is 5.64. The van der Waals surface area contributed by atoms with Crippen LogP contribution < -0.4 is 20.8 Å². The quantitative estimate of drug-likeness (QED) is 0.565. The summed E-state index contributed by atoms with van der Waals surface area (Å²) in [5.74, 6) is 0. The van der Waals surface area contributed by atoms with Gasteiger partial charge in [0.15, 0.2) is 0 Å². The first-order valence-electron chi connectivity index (χ1n) is 3.35. The zero-order valence-electron chi connectivity index (χ0n) is 5.87. The van der Waals surface area contributed by atoms with Gasteiger partial charge in [-0.05, 0) is 18.2 Å². The summed E-state index contributed by atoms with van der Waals surface area (Å²) in [6, 6.07) is 1.97. The van der Waals surface area contributed by atoms with E-state index in [-0.39, 0.29) is 0 Å². The summed E-state index contributed by atoms with van der Waals surface area (Å²) in [6.07, 6.45) is 7.86. The van der Waals surface area contributed by atoms with Crippen molar-refractivity contribution < 1.29 is 0 Å². The van der Waals surface area contributed by atoms with E-state index < -0.39 is 0 Å². The van der Waals surface area contributed by atoms with Crippen LogP contribution in [0.15, 0.2) is 18.3 Å². The minimum atomic E-state index is 0.861. The molecule has 0 spiro atoms. The number of rotatable bonds is 0. The van der Waals surface area contributed by atoms with E-state index in [9.17, 15) is 0 Å². The van der Waals surface area contributed by atoms with E-state index in [1.54, 1.807) is 11.3 Å². The molecular formula is C8H8N2S. The molecule has 1 aromatic heterocycles. The van der Waals surface area contributed by atoms with Gasteiger partial charge < -0.3 is 11.1 Å². The fourth-order valence-corrected chi connectivity index (χ4v) is 1.83. The summed E-state index contributed by atoms with van der Waals surface area (Å²) in [6.45, 7) is 0. The van der Waals surface area contributed by atoms with Gasteiger partial charge in [0.1, 0.15) is 0 Å². The highest BCUT2D eigenvalue weighted by molar-refractivity contribution is 7.13. The number of hydrogen-bond donors (Lipinski definition) is 2. The predicted molar refractivity (Wildman–Crippen MR) is 49.2 cm³/mol. The molecule has 56 valence electrons. The minimum Gasteiger partial charge on any atom is -0.391 e. The lowest BCUT2D eigenvalue weighted by atomic mass is 10.4. The molecule has 2 rings (SSSR count). The lowest BCUT2D eigenvalue weighted by molar-refractivity contribution is 1.28. The van der Waals surface area contributed by atoms with Gasteiger partial charge in [-0.3, -0.25) is 0 Å². The predicted octanol–water partition coefficient (Wildman–Crippen LogP) is -0.0343. The van der Waals surface area contributed by atoms with Crippen molar-refractivity contribution in [1.29, 1.82) is 0 Å². The van der Waals surface area contributed by atoms with Gasteiger partial charge in [-0.25, -0.2) is 0 Å². The van der Waals surface area contributed by atoms with Crippen molar-refractivity contribution in [1.82, 2.24) is 5.32 Å². The van der Waals surface area contributed by atoms with Crippen LogP contribution in [0.25, 0.3) is 12.3 Å². The van der Waals surface area contributed by atoms with Crippen LogP contribution in [0.4, 0.5) is 5.00 Å². The molecule has 1 aliphatic rings. The largest absolute Gasteiger partial charge is 0.391 e. The first kappa shape index (κ1) is 6.49. The molecule has 0 radical (unpaired) electrons. The summed E-state index contributed by atoms with van der Waals surface area (Å²) in [7, 11) is 0. The number of thiophene rings is 1. The Labute approximate surface area is 68.3 Å². The Morgan fingerprint density at radius 3 is 3.27 bits per heavy atom. The second kappa shape index (κ2) is 2.43. The highest BCUT2D eigenvalue weighted by Crippen LogP contribution is 1.99. The highest BCUT2D eigenvalue weighted by atomic mass is 32.1. The Balaban J connectivity index is 2.79. The van der Waals surface area contributed by atoms with Gasteiger partial charge in [-0.15, -0.1) is 11.3 Å². The van der Waals surface area contributed by atoms with Crippen molar-refractivity contribution in [2.75, 3.05) is 5.73 Å². The van der Waals surface area contributed by atoms with Gasteiger partial charge in [0, 0.05) is 22.2 Å². The van der Waals surface area contributed by atoms with Crippen molar-refractivity contribution in [3.8, 4) is 0 Å². The molecule has 0 saturated carbocycles. The summed E-state index contributed by atoms with van der Waals surface area (Å²) in [5.41, 5.74) is 5.64. The molecular weight excluding hydrogens is 156 g/mol. The molecule has 11 heavy (non-hydrogen) atoms. The molecule has 2 nitrogen and oxygen atoms in total. The molecule has 0 unspecified atom stereocenters. The summed E-state index contributed by atoms with van der Waals surface area (Å²) < 4.78 is 1.21. The van der Waals surface area contributed by atoms with Crippen molar-refractivity contribution >= 4 is 28.6 Å². The standard InChI is InChI=1S/C8H8N2S/c9-8-4-6-5-10-3-1-2-7(6)11-8/h1-5,10H,9H2. The molecule has 0 atom stereocenters. The number of hydrogen-bond acceptors (Lipinski definition) is 3. The van der Waals surface area contributed by atoms with Gasteiger partial charge in [-0.2, -0.15) is 0 Å². The van der Waals surface area contributed by atoms with E-state index >= 15 is 0 Å². The van der Waals surface area contributed by atoms with Crippen molar-refractivity contribution in [2.24, 2.45) is 0 Å². The normalized spacial score (nSPS) is 13.8. The van der Waals surface area contributed by atoms with Crippen LogP contribution in [-0.2, 0) is 0 Å². The van der Waals surface area contributed by atoms with Crippen LogP contribution in [0.5, 0.6) is 0 Å². The molecule has 0 aromatic carbocycles. The summed E-state index contributed by atoms with van der Waals surface area (Å²) in [4.78, 5) is 0. The Morgan fingerprint density at radius 1 is 1.45 bits per heavy atom. The van der Waals surface area contributed by atoms with Gasteiger partial charge >= 0.3 is 0 Å². The second-order valence-corrected chi connectivity index (χ2v) is 3.42. The first-order chi connectivity index (χ1) is 5.36. The SMILES string of the molecule is Nc1cc2c(s1)=CC=CNC=2. The average Bonchev–Trinajstić information content (AvgIpc) is 2.17. The minimum absolute atomic E-state index is 0.861. The summed E-state index contributed by atoms with van der Waals surface area (Å²) in [5, 5.41) is 5.06. The van der Waals surface area contributed by atoms with Gasteiger partial charge in [0.05, 0.1) is 5.00 Å². The Bertz CT molecular complexity index is 400. The monoisotopic (exact) mass is 164 g/mol. The van der Waals surface area contributed by atoms with E-state index in [2.05, 4.69) is 5.32 Å². The highest BCUT2D eigenvalue weighted by Gasteiger charge is 1.92. The summed E-state index contributed by atoms with van der Waals surface area (Å²) >= 11 is 1.60. The van der Waals surface area contributed by atoms with Crippen LogP contribution in [0, 0.1) is 0 Å². The lowest BCUT2D eigenvalue weighted by Gasteiger charge is -1.81. The molecule has 0 bridgehead atoms. The molecule has 1 aromatic rings. The smallest absolute Gasteiger partial charge is 0.0869 e.